The fourth-order valence-corrected chi connectivity index (χ4v) is 4.45. The lowest BCUT2D eigenvalue weighted by atomic mass is 10.1. The molecule has 1 heterocycles. The number of amides is 2. The standard InChI is InChI=1S/C19H28BrN3O/c1-15-8-9-18(17(20)14-15)22-10-12-23(13-11-22)19(24)21-16-6-4-2-3-5-7-16/h8-9,14,16H,2-7,10-13H2,1H3,(H,21,24). The van der Waals surface area contributed by atoms with Crippen molar-refractivity contribution in [3.8, 4) is 0 Å². The second-order valence-corrected chi connectivity index (χ2v) is 7.92. The SMILES string of the molecule is Cc1ccc(N2CCN(C(=O)NC3CCCCCC3)CC2)c(Br)c1. The first-order valence-corrected chi connectivity index (χ1v) is 9.99. The molecule has 1 aromatic rings. The summed E-state index contributed by atoms with van der Waals surface area (Å²) in [5.74, 6) is 0. The van der Waals surface area contributed by atoms with Crippen LogP contribution in [0.3, 0.4) is 0 Å². The van der Waals surface area contributed by atoms with Gasteiger partial charge in [-0.25, -0.2) is 4.79 Å². The van der Waals surface area contributed by atoms with Gasteiger partial charge < -0.3 is 15.1 Å². The minimum atomic E-state index is 0.129. The molecule has 2 fully saturated rings. The van der Waals surface area contributed by atoms with Crippen LogP contribution in [0.25, 0.3) is 0 Å². The summed E-state index contributed by atoms with van der Waals surface area (Å²) in [7, 11) is 0. The van der Waals surface area contributed by atoms with Gasteiger partial charge in [-0.1, -0.05) is 31.7 Å². The maximum absolute atomic E-state index is 12.5. The van der Waals surface area contributed by atoms with Crippen LogP contribution < -0.4 is 10.2 Å². The number of anilines is 1. The zero-order chi connectivity index (χ0) is 16.9. The summed E-state index contributed by atoms with van der Waals surface area (Å²) in [6, 6.07) is 6.97. The Kier molecular flexibility index (Phi) is 6.04. The van der Waals surface area contributed by atoms with E-state index in [1.165, 1.54) is 36.9 Å². The van der Waals surface area contributed by atoms with Crippen LogP contribution in [0.2, 0.25) is 0 Å². The molecule has 132 valence electrons. The molecule has 4 nitrogen and oxygen atoms in total. The average Bonchev–Trinajstić information content (AvgIpc) is 2.84. The molecule has 1 aliphatic heterocycles. The summed E-state index contributed by atoms with van der Waals surface area (Å²) < 4.78 is 1.14. The Hall–Kier alpha value is -1.23. The van der Waals surface area contributed by atoms with Crippen molar-refractivity contribution < 1.29 is 4.79 Å². The predicted molar refractivity (Wildman–Crippen MR) is 103 cm³/mol. The third-order valence-electron chi connectivity index (χ3n) is 5.19. The van der Waals surface area contributed by atoms with E-state index >= 15 is 0 Å². The number of hydrogen-bond donors (Lipinski definition) is 1. The van der Waals surface area contributed by atoms with Crippen molar-refractivity contribution in [1.29, 1.82) is 0 Å². The largest absolute Gasteiger partial charge is 0.367 e. The van der Waals surface area contributed by atoms with Gasteiger partial charge in [-0.05, 0) is 53.4 Å². The monoisotopic (exact) mass is 393 g/mol. The number of benzene rings is 1. The number of aryl methyl sites for hydroxylation is 1. The summed E-state index contributed by atoms with van der Waals surface area (Å²) in [6.45, 7) is 5.46. The molecular formula is C19H28BrN3O. The van der Waals surface area contributed by atoms with Crippen molar-refractivity contribution >= 4 is 27.6 Å². The molecule has 0 radical (unpaired) electrons. The second-order valence-electron chi connectivity index (χ2n) is 7.07. The number of nitrogens with zero attached hydrogens (tertiary/aromatic N) is 2. The van der Waals surface area contributed by atoms with Gasteiger partial charge >= 0.3 is 6.03 Å². The molecule has 1 aromatic carbocycles. The van der Waals surface area contributed by atoms with Crippen LogP contribution in [0.1, 0.15) is 44.1 Å². The van der Waals surface area contributed by atoms with Crippen molar-refractivity contribution in [2.24, 2.45) is 0 Å². The lowest BCUT2D eigenvalue weighted by Gasteiger charge is -2.37. The van der Waals surface area contributed by atoms with Gasteiger partial charge in [0.15, 0.2) is 0 Å². The maximum Gasteiger partial charge on any atom is 0.317 e. The first kappa shape index (κ1) is 17.6. The van der Waals surface area contributed by atoms with Crippen molar-refractivity contribution in [2.45, 2.75) is 51.5 Å². The summed E-state index contributed by atoms with van der Waals surface area (Å²) in [4.78, 5) is 16.9. The summed E-state index contributed by atoms with van der Waals surface area (Å²) in [5.41, 5.74) is 2.48. The van der Waals surface area contributed by atoms with E-state index in [9.17, 15) is 4.79 Å². The van der Waals surface area contributed by atoms with E-state index in [0.717, 1.165) is 43.5 Å². The number of carbonyl (C=O) groups is 1. The molecule has 2 aliphatic rings. The lowest BCUT2D eigenvalue weighted by Crippen LogP contribution is -2.53. The quantitative estimate of drug-likeness (QED) is 0.759. The molecule has 3 rings (SSSR count). The van der Waals surface area contributed by atoms with Gasteiger partial charge in [0.1, 0.15) is 0 Å². The number of urea groups is 1. The minimum Gasteiger partial charge on any atom is -0.367 e. The van der Waals surface area contributed by atoms with E-state index in [0.29, 0.717) is 6.04 Å². The molecule has 0 bridgehead atoms. The van der Waals surface area contributed by atoms with E-state index in [4.69, 9.17) is 0 Å². The van der Waals surface area contributed by atoms with Gasteiger partial charge in [0.05, 0.1) is 5.69 Å². The Morgan fingerprint density at radius 1 is 1.08 bits per heavy atom. The number of rotatable bonds is 2. The number of carbonyl (C=O) groups excluding carboxylic acids is 1. The van der Waals surface area contributed by atoms with E-state index in [1.807, 2.05) is 4.90 Å². The highest BCUT2D eigenvalue weighted by Gasteiger charge is 2.24. The topological polar surface area (TPSA) is 35.6 Å². The van der Waals surface area contributed by atoms with Gasteiger partial charge in [0.25, 0.3) is 0 Å². The minimum absolute atomic E-state index is 0.129. The highest BCUT2D eigenvalue weighted by Crippen LogP contribution is 2.28. The molecule has 1 saturated carbocycles. The summed E-state index contributed by atoms with van der Waals surface area (Å²) in [6.07, 6.45) is 7.41. The van der Waals surface area contributed by atoms with E-state index in [1.54, 1.807) is 0 Å². The maximum atomic E-state index is 12.5. The molecular weight excluding hydrogens is 366 g/mol. The molecule has 0 atom stereocenters. The molecule has 0 aromatic heterocycles. The number of piperazine rings is 1. The van der Waals surface area contributed by atoms with Crippen molar-refractivity contribution in [3.05, 3.63) is 28.2 Å². The van der Waals surface area contributed by atoms with E-state index < -0.39 is 0 Å². The van der Waals surface area contributed by atoms with Crippen molar-refractivity contribution in [3.63, 3.8) is 0 Å². The zero-order valence-corrected chi connectivity index (χ0v) is 16.1. The fraction of sp³-hybridized carbons (Fsp3) is 0.632. The molecule has 1 saturated heterocycles. The van der Waals surface area contributed by atoms with Crippen LogP contribution in [0.4, 0.5) is 10.5 Å². The first-order valence-electron chi connectivity index (χ1n) is 9.20. The number of halogens is 1. The normalized spacial score (nSPS) is 19.9. The van der Waals surface area contributed by atoms with Gasteiger partial charge in [-0.3, -0.25) is 0 Å². The molecule has 24 heavy (non-hydrogen) atoms. The fourth-order valence-electron chi connectivity index (χ4n) is 3.71. The molecule has 0 unspecified atom stereocenters. The van der Waals surface area contributed by atoms with Crippen molar-refractivity contribution in [2.75, 3.05) is 31.1 Å². The average molecular weight is 394 g/mol. The Morgan fingerprint density at radius 3 is 2.38 bits per heavy atom. The van der Waals surface area contributed by atoms with Gasteiger partial charge in [0, 0.05) is 36.7 Å². The van der Waals surface area contributed by atoms with Crippen LogP contribution in [0.15, 0.2) is 22.7 Å². The highest BCUT2D eigenvalue weighted by molar-refractivity contribution is 9.10. The summed E-state index contributed by atoms with van der Waals surface area (Å²) in [5, 5.41) is 3.26. The van der Waals surface area contributed by atoms with Crippen LogP contribution in [-0.2, 0) is 0 Å². The third-order valence-corrected chi connectivity index (χ3v) is 5.83. The van der Waals surface area contributed by atoms with Gasteiger partial charge in [-0.15, -0.1) is 0 Å². The third kappa shape index (κ3) is 4.44. The van der Waals surface area contributed by atoms with Crippen molar-refractivity contribution in [1.82, 2.24) is 10.2 Å². The van der Waals surface area contributed by atoms with Crippen LogP contribution >= 0.6 is 15.9 Å². The van der Waals surface area contributed by atoms with Crippen LogP contribution in [0.5, 0.6) is 0 Å². The Morgan fingerprint density at radius 2 is 1.75 bits per heavy atom. The van der Waals surface area contributed by atoms with Gasteiger partial charge in [-0.2, -0.15) is 0 Å². The predicted octanol–water partition coefficient (Wildman–Crippen LogP) is 4.31. The molecule has 5 heteroatoms. The Balaban J connectivity index is 1.51. The highest BCUT2D eigenvalue weighted by atomic mass is 79.9. The number of nitrogens with one attached hydrogen (secondary N) is 1. The molecule has 0 spiro atoms. The van der Waals surface area contributed by atoms with E-state index in [-0.39, 0.29) is 6.03 Å². The first-order chi connectivity index (χ1) is 11.6. The summed E-state index contributed by atoms with van der Waals surface area (Å²) >= 11 is 3.67. The Labute approximate surface area is 153 Å². The number of hydrogen-bond acceptors (Lipinski definition) is 2. The van der Waals surface area contributed by atoms with Crippen LogP contribution in [0, 0.1) is 6.92 Å². The lowest BCUT2D eigenvalue weighted by molar-refractivity contribution is 0.189. The zero-order valence-electron chi connectivity index (χ0n) is 14.6. The molecule has 1 N–H and O–H groups in total. The molecule has 1 aliphatic carbocycles. The second kappa shape index (κ2) is 8.24. The van der Waals surface area contributed by atoms with E-state index in [2.05, 4.69) is 51.3 Å². The van der Waals surface area contributed by atoms with Gasteiger partial charge in [0.2, 0.25) is 0 Å². The molecule has 2 amide bonds. The van der Waals surface area contributed by atoms with Crippen LogP contribution in [-0.4, -0.2) is 43.2 Å². The Bertz CT molecular complexity index is 562. The smallest absolute Gasteiger partial charge is 0.317 e.